The van der Waals surface area contributed by atoms with Crippen molar-refractivity contribution in [3.8, 4) is 0 Å². The lowest BCUT2D eigenvalue weighted by Gasteiger charge is -2.28. The van der Waals surface area contributed by atoms with Crippen molar-refractivity contribution in [3.63, 3.8) is 0 Å². The standard InChI is InChI=1S/C49H76N10O11/c1-27(2)23-38-46(65)58-41(48(68)69)32(7)43(62)55-36(17-14-22-52-49(50)51)45(64)54-35(19-18-28(3)24-29(4)39(70-10)25-34-15-12-11-13-16-34)31(6)42(61)56-37(47(66)67)20-21-40(60)59(9)30(5)26-53-33(8)44(63)57-38/h11-13,15-16,18-19,24,27,29,31-33,35-39,41,53H,5,14,17,20-23,25-26H2,1-4,6-10H3,(H,54,64)(H,55,62)(H,56,61)(H,57,63)(H,58,65)(H,66,67)(H,68,69)(H4,50,51,52)/t29-,31-,32-,33+,35+,36-,37+,38-,39-,41+/m0/s1. The van der Waals surface area contributed by atoms with Gasteiger partial charge in [0.25, 0.3) is 0 Å². The van der Waals surface area contributed by atoms with Crippen molar-refractivity contribution in [2.75, 3.05) is 27.2 Å². The van der Waals surface area contributed by atoms with Crippen LogP contribution in [0.5, 0.6) is 0 Å². The Labute approximate surface area is 411 Å². The number of amides is 6. The number of ether oxygens (including phenoxy) is 1. The number of benzene rings is 1. The molecule has 21 heteroatoms. The quantitative estimate of drug-likeness (QED) is 0.0510. The van der Waals surface area contributed by atoms with Crippen LogP contribution in [0, 0.1) is 23.7 Å². The summed E-state index contributed by atoms with van der Waals surface area (Å²) in [5.41, 5.74) is 13.1. The molecular weight excluding hydrogens is 905 g/mol. The number of hydrogen-bond acceptors (Lipinski definition) is 11. The van der Waals surface area contributed by atoms with Crippen molar-refractivity contribution in [1.29, 1.82) is 0 Å². The summed E-state index contributed by atoms with van der Waals surface area (Å²) in [6, 6.07) is 1.77. The Hall–Kier alpha value is -6.61. The van der Waals surface area contributed by atoms with Gasteiger partial charge in [0.05, 0.1) is 30.0 Å². The molecule has 10 atom stereocenters. The van der Waals surface area contributed by atoms with Gasteiger partial charge in [-0.25, -0.2) is 9.59 Å². The molecule has 0 saturated carbocycles. The molecule has 0 spiro atoms. The number of likely N-dealkylation sites (N-methyl/N-ethyl adjacent to an activating group) is 1. The van der Waals surface area contributed by atoms with E-state index in [2.05, 4.69) is 43.5 Å². The molecule has 0 aliphatic carbocycles. The first kappa shape index (κ1) is 59.5. The topological polar surface area (TPSA) is 326 Å². The van der Waals surface area contributed by atoms with Gasteiger partial charge in [-0.2, -0.15) is 0 Å². The Morgan fingerprint density at radius 1 is 0.871 bits per heavy atom. The van der Waals surface area contributed by atoms with Crippen molar-refractivity contribution in [3.05, 3.63) is 72.0 Å². The number of aliphatic carboxylic acids is 2. The molecule has 1 aromatic carbocycles. The molecule has 6 amide bonds. The zero-order valence-corrected chi connectivity index (χ0v) is 42.0. The van der Waals surface area contributed by atoms with E-state index in [-0.39, 0.29) is 74.8 Å². The second kappa shape index (κ2) is 29.4. The van der Waals surface area contributed by atoms with Crippen LogP contribution in [0.4, 0.5) is 0 Å². The highest BCUT2D eigenvalue weighted by Gasteiger charge is 2.37. The highest BCUT2D eigenvalue weighted by atomic mass is 16.5. The first-order valence-corrected chi connectivity index (χ1v) is 23.5. The van der Waals surface area contributed by atoms with Crippen LogP contribution in [0.2, 0.25) is 0 Å². The molecule has 388 valence electrons. The third kappa shape index (κ3) is 20.2. The molecule has 21 nitrogen and oxygen atoms in total. The van der Waals surface area contributed by atoms with Crippen LogP contribution in [-0.4, -0.2) is 138 Å². The molecule has 1 fully saturated rings. The SMILES string of the molecule is C=C1CN[C@H](C)C(=O)N[C@@H](CC(C)C)C(=O)N[C@@H](C(=O)O)[C@H](C)C(=O)N[C@@H](CCCN=C(N)N)C(=O)N[C@H](C=CC(C)=C[C@H](C)[C@H](Cc2ccccc2)OC)[C@H](C)C(=O)N[C@@H](C(=O)O)CCC(=O)N1C. The van der Waals surface area contributed by atoms with Crippen molar-refractivity contribution in [2.45, 2.75) is 129 Å². The van der Waals surface area contributed by atoms with E-state index >= 15 is 0 Å². The monoisotopic (exact) mass is 981 g/mol. The van der Waals surface area contributed by atoms with Gasteiger partial charge in [0.15, 0.2) is 5.96 Å². The number of carboxylic acids is 2. The Morgan fingerprint density at radius 2 is 1.49 bits per heavy atom. The number of carbonyl (C=O) groups is 8. The number of nitrogens with zero attached hydrogens (tertiary/aromatic N) is 2. The summed E-state index contributed by atoms with van der Waals surface area (Å²) in [6.07, 6.45) is 5.17. The number of aliphatic imine (C=N–C) groups is 1. The van der Waals surface area contributed by atoms with Crippen molar-refractivity contribution in [2.24, 2.45) is 40.1 Å². The number of nitrogens with one attached hydrogen (secondary N) is 6. The lowest BCUT2D eigenvalue weighted by molar-refractivity contribution is -0.146. The van der Waals surface area contributed by atoms with E-state index in [0.717, 1.165) is 11.1 Å². The summed E-state index contributed by atoms with van der Waals surface area (Å²) >= 11 is 0. The van der Waals surface area contributed by atoms with Crippen molar-refractivity contribution >= 4 is 53.3 Å². The first-order valence-electron chi connectivity index (χ1n) is 23.5. The van der Waals surface area contributed by atoms with Gasteiger partial charge in [0.2, 0.25) is 35.4 Å². The molecule has 1 saturated heterocycles. The number of carbonyl (C=O) groups excluding carboxylic acids is 6. The van der Waals surface area contributed by atoms with E-state index in [1.165, 1.54) is 32.7 Å². The summed E-state index contributed by atoms with van der Waals surface area (Å²) in [5, 5.41) is 36.4. The Bertz CT molecular complexity index is 2070. The molecule has 0 aromatic heterocycles. The second-order valence-electron chi connectivity index (χ2n) is 18.3. The van der Waals surface area contributed by atoms with Gasteiger partial charge in [-0.15, -0.1) is 0 Å². The van der Waals surface area contributed by atoms with Gasteiger partial charge in [-0.05, 0) is 57.4 Å². The largest absolute Gasteiger partial charge is 0.480 e. The molecule has 1 aliphatic heterocycles. The molecule has 2 rings (SSSR count). The van der Waals surface area contributed by atoms with Gasteiger partial charge in [0.1, 0.15) is 24.2 Å². The maximum absolute atomic E-state index is 14.4. The minimum absolute atomic E-state index is 0.0441. The Kier molecular flexibility index (Phi) is 25.0. The maximum Gasteiger partial charge on any atom is 0.327 e. The number of guanidine groups is 1. The van der Waals surface area contributed by atoms with Crippen LogP contribution in [0.1, 0.15) is 86.1 Å². The minimum Gasteiger partial charge on any atom is -0.480 e. The van der Waals surface area contributed by atoms with Crippen LogP contribution >= 0.6 is 0 Å². The predicted molar refractivity (Wildman–Crippen MR) is 264 cm³/mol. The zero-order valence-electron chi connectivity index (χ0n) is 42.0. The van der Waals surface area contributed by atoms with Gasteiger partial charge < -0.3 is 63.2 Å². The fourth-order valence-corrected chi connectivity index (χ4v) is 7.47. The summed E-state index contributed by atoms with van der Waals surface area (Å²) < 4.78 is 5.82. The number of allylic oxidation sites excluding steroid dienone is 2. The number of nitrogens with two attached hydrogens (primary N) is 2. The molecule has 0 unspecified atom stereocenters. The lowest BCUT2D eigenvalue weighted by Crippen LogP contribution is -2.59. The van der Waals surface area contributed by atoms with E-state index in [0.29, 0.717) is 6.42 Å². The fourth-order valence-electron chi connectivity index (χ4n) is 7.47. The third-order valence-electron chi connectivity index (χ3n) is 12.0. The summed E-state index contributed by atoms with van der Waals surface area (Å²) in [4.78, 5) is 113. The number of rotatable bonds is 15. The van der Waals surface area contributed by atoms with Crippen LogP contribution in [0.3, 0.4) is 0 Å². The van der Waals surface area contributed by atoms with Crippen LogP contribution < -0.4 is 43.4 Å². The number of carboxylic acid groups (broad SMARTS) is 2. The van der Waals surface area contributed by atoms with Gasteiger partial charge in [-0.1, -0.05) is 95.3 Å². The average Bonchev–Trinajstić information content (AvgIpc) is 3.30. The minimum atomic E-state index is -1.82. The average molecular weight is 981 g/mol. The summed E-state index contributed by atoms with van der Waals surface area (Å²) in [6.45, 7) is 15.5. The highest BCUT2D eigenvalue weighted by Crippen LogP contribution is 2.19. The van der Waals surface area contributed by atoms with E-state index in [1.54, 1.807) is 33.1 Å². The zero-order chi connectivity index (χ0) is 52.8. The van der Waals surface area contributed by atoms with Crippen LogP contribution in [0.25, 0.3) is 0 Å². The third-order valence-corrected chi connectivity index (χ3v) is 12.0. The second-order valence-corrected chi connectivity index (χ2v) is 18.3. The fraction of sp³-hybridized carbons (Fsp3) is 0.571. The smallest absolute Gasteiger partial charge is 0.327 e. The molecule has 70 heavy (non-hydrogen) atoms. The predicted octanol–water partition coefficient (Wildman–Crippen LogP) is 1.09. The van der Waals surface area contributed by atoms with Gasteiger partial charge in [-0.3, -0.25) is 33.8 Å². The van der Waals surface area contributed by atoms with Gasteiger partial charge >= 0.3 is 11.9 Å². The highest BCUT2D eigenvalue weighted by molar-refractivity contribution is 5.95. The van der Waals surface area contributed by atoms with Crippen LogP contribution in [-0.2, 0) is 49.5 Å². The molecular formula is C49H76N10O11. The van der Waals surface area contributed by atoms with E-state index in [1.807, 2.05) is 50.3 Å². The molecule has 1 heterocycles. The van der Waals surface area contributed by atoms with E-state index < -0.39 is 95.5 Å². The first-order chi connectivity index (χ1) is 32.9. The van der Waals surface area contributed by atoms with E-state index in [4.69, 9.17) is 16.2 Å². The lowest BCUT2D eigenvalue weighted by atomic mass is 9.94. The molecule has 0 bridgehead atoms. The summed E-state index contributed by atoms with van der Waals surface area (Å²) in [5.74, 6) is -10.6. The maximum atomic E-state index is 14.4. The van der Waals surface area contributed by atoms with Crippen molar-refractivity contribution < 1.29 is 53.3 Å². The molecule has 1 aliphatic rings. The number of methoxy groups -OCH3 is 1. The van der Waals surface area contributed by atoms with Gasteiger partial charge in [0, 0.05) is 45.3 Å². The van der Waals surface area contributed by atoms with E-state index in [9.17, 15) is 48.6 Å². The van der Waals surface area contributed by atoms with Crippen molar-refractivity contribution in [1.82, 2.24) is 36.8 Å². The number of hydrogen-bond donors (Lipinski definition) is 10. The van der Waals surface area contributed by atoms with Crippen LogP contribution in [0.15, 0.2) is 71.4 Å². The normalized spacial score (nSPS) is 25.6. The molecule has 1 aromatic rings. The Balaban J connectivity index is 2.70. The Morgan fingerprint density at radius 3 is 2.07 bits per heavy atom. The molecule has 12 N–H and O–H groups in total. The molecule has 0 radical (unpaired) electrons. The summed E-state index contributed by atoms with van der Waals surface area (Å²) in [7, 11) is 3.05.